The van der Waals surface area contributed by atoms with Crippen LogP contribution in [0.5, 0.6) is 0 Å². The lowest BCUT2D eigenvalue weighted by molar-refractivity contribution is 0.324. The van der Waals surface area contributed by atoms with Crippen molar-refractivity contribution in [3.8, 4) is 11.4 Å². The van der Waals surface area contributed by atoms with Gasteiger partial charge in [0.05, 0.1) is 6.04 Å². The number of aryl methyl sites for hydroxylation is 1. The Morgan fingerprint density at radius 3 is 3.05 bits per heavy atom. The molecule has 5 nitrogen and oxygen atoms in total. The summed E-state index contributed by atoms with van der Waals surface area (Å²) in [6.45, 7) is 2.04. The van der Waals surface area contributed by atoms with Crippen LogP contribution in [0, 0.1) is 12.8 Å². The summed E-state index contributed by atoms with van der Waals surface area (Å²) in [5.74, 6) is 2.15. The van der Waals surface area contributed by atoms with Crippen molar-refractivity contribution in [2.45, 2.75) is 51.1 Å². The zero-order valence-electron chi connectivity index (χ0n) is 12.2. The predicted octanol–water partition coefficient (Wildman–Crippen LogP) is 3.03. The van der Waals surface area contributed by atoms with Gasteiger partial charge < -0.3 is 9.84 Å². The van der Waals surface area contributed by atoms with Crippen molar-refractivity contribution in [1.29, 1.82) is 0 Å². The summed E-state index contributed by atoms with van der Waals surface area (Å²) in [6.07, 6.45) is 10.0. The molecule has 1 N–H and O–H groups in total. The fraction of sp³-hybridized carbons (Fsp3) is 0.562. The Balaban J connectivity index is 1.56. The zero-order valence-corrected chi connectivity index (χ0v) is 12.2. The molecule has 0 spiro atoms. The van der Waals surface area contributed by atoms with Gasteiger partial charge in [-0.3, -0.25) is 4.98 Å². The van der Waals surface area contributed by atoms with Gasteiger partial charge in [0.15, 0.2) is 0 Å². The number of fused-ring (bicyclic) bond motifs is 1. The summed E-state index contributed by atoms with van der Waals surface area (Å²) in [7, 11) is 0. The van der Waals surface area contributed by atoms with Crippen LogP contribution in [0.1, 0.15) is 49.6 Å². The third-order valence-corrected chi connectivity index (χ3v) is 4.88. The number of rotatable bonds is 2. The minimum absolute atomic E-state index is 0.219. The summed E-state index contributed by atoms with van der Waals surface area (Å²) in [6, 6.07) is 2.82. The number of pyridine rings is 1. The molecule has 1 saturated heterocycles. The minimum atomic E-state index is 0.219. The molecule has 1 aliphatic heterocycles. The maximum absolute atomic E-state index is 5.51. The molecule has 3 unspecified atom stereocenters. The van der Waals surface area contributed by atoms with Crippen LogP contribution < -0.4 is 5.32 Å². The van der Waals surface area contributed by atoms with E-state index in [0.717, 1.165) is 29.4 Å². The molecule has 1 aliphatic carbocycles. The summed E-state index contributed by atoms with van der Waals surface area (Å²) in [5, 5.41) is 7.82. The van der Waals surface area contributed by atoms with E-state index in [2.05, 4.69) is 20.4 Å². The van der Waals surface area contributed by atoms with Crippen molar-refractivity contribution in [3.05, 3.63) is 29.9 Å². The number of hydrogen-bond donors (Lipinski definition) is 1. The fourth-order valence-electron chi connectivity index (χ4n) is 3.69. The Labute approximate surface area is 124 Å². The van der Waals surface area contributed by atoms with Crippen LogP contribution in [-0.2, 0) is 0 Å². The second kappa shape index (κ2) is 5.22. The monoisotopic (exact) mass is 284 g/mol. The molecule has 0 aromatic carbocycles. The molecule has 21 heavy (non-hydrogen) atoms. The lowest BCUT2D eigenvalue weighted by Gasteiger charge is -2.24. The van der Waals surface area contributed by atoms with Gasteiger partial charge in [0.25, 0.3) is 0 Å². The highest BCUT2D eigenvalue weighted by Crippen LogP contribution is 2.38. The summed E-state index contributed by atoms with van der Waals surface area (Å²) < 4.78 is 5.51. The van der Waals surface area contributed by atoms with Crippen molar-refractivity contribution in [3.63, 3.8) is 0 Å². The van der Waals surface area contributed by atoms with Crippen molar-refractivity contribution in [2.24, 2.45) is 5.92 Å². The molecule has 4 rings (SSSR count). The molecule has 2 fully saturated rings. The van der Waals surface area contributed by atoms with E-state index in [1.54, 1.807) is 12.4 Å². The van der Waals surface area contributed by atoms with E-state index < -0.39 is 0 Å². The molecule has 0 radical (unpaired) electrons. The Hall–Kier alpha value is -1.75. The van der Waals surface area contributed by atoms with Crippen molar-refractivity contribution in [2.75, 3.05) is 0 Å². The van der Waals surface area contributed by atoms with E-state index >= 15 is 0 Å². The molecule has 1 saturated carbocycles. The van der Waals surface area contributed by atoms with E-state index in [-0.39, 0.29) is 6.04 Å². The van der Waals surface area contributed by atoms with Gasteiger partial charge >= 0.3 is 0 Å². The standard InChI is InChI=1S/C16H20N4O/c1-10-6-7-17-9-12(10)15-19-16(21-20-15)14-8-11-4-2-3-5-13(11)18-14/h6-7,9,11,13-14,18H,2-5,8H2,1H3. The lowest BCUT2D eigenvalue weighted by Crippen LogP contribution is -2.30. The highest BCUT2D eigenvalue weighted by molar-refractivity contribution is 5.57. The third-order valence-electron chi connectivity index (χ3n) is 4.88. The number of aromatic nitrogens is 3. The first-order valence-corrected chi connectivity index (χ1v) is 7.82. The Kier molecular flexibility index (Phi) is 3.22. The summed E-state index contributed by atoms with van der Waals surface area (Å²) in [5.41, 5.74) is 2.06. The topological polar surface area (TPSA) is 63.8 Å². The van der Waals surface area contributed by atoms with Gasteiger partial charge in [-0.25, -0.2) is 0 Å². The maximum Gasteiger partial charge on any atom is 0.244 e. The molecule has 5 heteroatoms. The quantitative estimate of drug-likeness (QED) is 0.918. The Bertz CT molecular complexity index is 625. The first-order valence-electron chi connectivity index (χ1n) is 7.82. The van der Waals surface area contributed by atoms with Crippen molar-refractivity contribution in [1.82, 2.24) is 20.4 Å². The number of nitrogens with zero attached hydrogens (tertiary/aromatic N) is 3. The van der Waals surface area contributed by atoms with E-state index in [1.165, 1.54) is 25.7 Å². The van der Waals surface area contributed by atoms with E-state index in [4.69, 9.17) is 4.52 Å². The van der Waals surface area contributed by atoms with Gasteiger partial charge in [-0.05, 0) is 43.7 Å². The Morgan fingerprint density at radius 1 is 1.29 bits per heavy atom. The van der Waals surface area contributed by atoms with Crippen LogP contribution in [0.3, 0.4) is 0 Å². The van der Waals surface area contributed by atoms with Gasteiger partial charge in [0.1, 0.15) is 0 Å². The molecule has 3 heterocycles. The zero-order chi connectivity index (χ0) is 14.2. The fourth-order valence-corrected chi connectivity index (χ4v) is 3.69. The molecule has 2 aromatic heterocycles. The molecular weight excluding hydrogens is 264 g/mol. The second-order valence-electron chi connectivity index (χ2n) is 6.25. The molecule has 2 aromatic rings. The first-order chi connectivity index (χ1) is 10.3. The van der Waals surface area contributed by atoms with Crippen LogP contribution >= 0.6 is 0 Å². The molecular formula is C16H20N4O. The number of nitrogens with one attached hydrogen (secondary N) is 1. The smallest absolute Gasteiger partial charge is 0.244 e. The van der Waals surface area contributed by atoms with Crippen LogP contribution in [0.25, 0.3) is 11.4 Å². The molecule has 2 aliphatic rings. The lowest BCUT2D eigenvalue weighted by atomic mass is 9.85. The van der Waals surface area contributed by atoms with Gasteiger partial charge in [0.2, 0.25) is 11.7 Å². The maximum atomic E-state index is 5.51. The van der Waals surface area contributed by atoms with Crippen molar-refractivity contribution >= 4 is 0 Å². The highest BCUT2D eigenvalue weighted by atomic mass is 16.5. The third kappa shape index (κ3) is 2.35. The second-order valence-corrected chi connectivity index (χ2v) is 6.25. The largest absolute Gasteiger partial charge is 0.337 e. The van der Waals surface area contributed by atoms with Gasteiger partial charge in [-0.2, -0.15) is 4.98 Å². The summed E-state index contributed by atoms with van der Waals surface area (Å²) >= 11 is 0. The van der Waals surface area contributed by atoms with E-state index in [1.807, 2.05) is 13.0 Å². The van der Waals surface area contributed by atoms with Gasteiger partial charge in [0, 0.05) is 24.0 Å². The Morgan fingerprint density at radius 2 is 2.19 bits per heavy atom. The van der Waals surface area contributed by atoms with Gasteiger partial charge in [-0.15, -0.1) is 0 Å². The van der Waals surface area contributed by atoms with E-state index in [0.29, 0.717) is 11.9 Å². The minimum Gasteiger partial charge on any atom is -0.337 e. The van der Waals surface area contributed by atoms with Crippen LogP contribution in [0.4, 0.5) is 0 Å². The molecule has 3 atom stereocenters. The average molecular weight is 284 g/mol. The highest BCUT2D eigenvalue weighted by Gasteiger charge is 2.38. The van der Waals surface area contributed by atoms with Gasteiger partial charge in [-0.1, -0.05) is 18.0 Å². The van der Waals surface area contributed by atoms with E-state index in [9.17, 15) is 0 Å². The van der Waals surface area contributed by atoms with Crippen molar-refractivity contribution < 1.29 is 4.52 Å². The molecule has 0 amide bonds. The SMILES string of the molecule is Cc1ccncc1-c1noc(C2CC3CCCCC3N2)n1. The first kappa shape index (κ1) is 13.0. The van der Waals surface area contributed by atoms with Crippen LogP contribution in [0.2, 0.25) is 0 Å². The predicted molar refractivity (Wildman–Crippen MR) is 78.5 cm³/mol. The van der Waals surface area contributed by atoms with Crippen LogP contribution in [0.15, 0.2) is 23.0 Å². The molecule has 0 bridgehead atoms. The summed E-state index contributed by atoms with van der Waals surface area (Å²) in [4.78, 5) is 8.75. The molecule has 110 valence electrons. The normalized spacial score (nSPS) is 28.5. The average Bonchev–Trinajstić information content (AvgIpc) is 3.14. The van der Waals surface area contributed by atoms with Crippen LogP contribution in [-0.4, -0.2) is 21.2 Å². The number of hydrogen-bond acceptors (Lipinski definition) is 5.